The van der Waals surface area contributed by atoms with Crippen LogP contribution in [0.1, 0.15) is 28.5 Å². The van der Waals surface area contributed by atoms with Gasteiger partial charge in [-0.3, -0.25) is 9.19 Å². The van der Waals surface area contributed by atoms with Gasteiger partial charge in [0.1, 0.15) is 29.6 Å². The number of hydrogen-bond acceptors (Lipinski definition) is 6. The predicted octanol–water partition coefficient (Wildman–Crippen LogP) is 2.19. The van der Waals surface area contributed by atoms with Crippen LogP contribution in [0.25, 0.3) is 0 Å². The lowest BCUT2D eigenvalue weighted by Crippen LogP contribution is -2.10. The minimum atomic E-state index is -2.46. The normalized spacial score (nSPS) is 20.0. The van der Waals surface area contributed by atoms with Crippen molar-refractivity contribution in [3.8, 4) is 17.6 Å². The van der Waals surface area contributed by atoms with Crippen molar-refractivity contribution < 1.29 is 27.4 Å². The first-order valence-corrected chi connectivity index (χ1v) is 8.40. The second-order valence-electron chi connectivity index (χ2n) is 5.46. The molecule has 25 heavy (non-hydrogen) atoms. The molecule has 1 aromatic heterocycles. The molecular weight excluding hydrogens is 354 g/mol. The van der Waals surface area contributed by atoms with Crippen molar-refractivity contribution in [1.29, 1.82) is 5.26 Å². The first kappa shape index (κ1) is 17.4. The quantitative estimate of drug-likeness (QED) is 0.833. The molecule has 0 bridgehead atoms. The van der Waals surface area contributed by atoms with Gasteiger partial charge in [0, 0.05) is 23.6 Å². The van der Waals surface area contributed by atoms with Crippen LogP contribution >= 0.6 is 0 Å². The Kier molecular flexibility index (Phi) is 4.76. The lowest BCUT2D eigenvalue weighted by Gasteiger charge is -2.15. The number of aliphatic hydroxyl groups is 1. The topological polar surface area (TPSA) is 106 Å². The van der Waals surface area contributed by atoms with Gasteiger partial charge in [-0.1, -0.05) is 0 Å². The van der Waals surface area contributed by atoms with Crippen LogP contribution in [0.2, 0.25) is 0 Å². The smallest absolute Gasteiger partial charge is 0.149 e. The summed E-state index contributed by atoms with van der Waals surface area (Å²) in [5.74, 6) is -1.06. The number of alkyl halides is 1. The summed E-state index contributed by atoms with van der Waals surface area (Å²) in [4.78, 5) is 3.93. The third-order valence-corrected chi connectivity index (χ3v) is 4.30. The number of aromatic nitrogens is 1. The average Bonchev–Trinajstić information content (AvgIpc) is 2.85. The average molecular weight is 365 g/mol. The molecule has 3 atom stereocenters. The fraction of sp³-hybridized carbons (Fsp3) is 0.250. The van der Waals surface area contributed by atoms with Gasteiger partial charge >= 0.3 is 0 Å². The monoisotopic (exact) mass is 365 g/mol. The van der Waals surface area contributed by atoms with Crippen molar-refractivity contribution in [1.82, 2.24) is 4.98 Å². The zero-order chi connectivity index (χ0) is 18.1. The number of hydrogen-bond donors (Lipinski definition) is 1. The fourth-order valence-corrected chi connectivity index (χ4v) is 3.22. The molecule has 0 aliphatic heterocycles. The van der Waals surface area contributed by atoms with E-state index in [2.05, 4.69) is 4.98 Å². The zero-order valence-electron chi connectivity index (χ0n) is 12.6. The number of rotatable bonds is 4. The van der Waals surface area contributed by atoms with Gasteiger partial charge < -0.3 is 14.4 Å². The van der Waals surface area contributed by atoms with Crippen LogP contribution in [0, 0.1) is 17.1 Å². The Morgan fingerprint density at radius 3 is 2.92 bits per heavy atom. The summed E-state index contributed by atoms with van der Waals surface area (Å²) in [6.45, 7) is 0. The summed E-state index contributed by atoms with van der Waals surface area (Å²) in [6, 6.07) is 5.17. The minimum absolute atomic E-state index is 0.0116. The second-order valence-corrected chi connectivity index (χ2v) is 6.36. The molecule has 1 N–H and O–H groups in total. The van der Waals surface area contributed by atoms with Crippen molar-refractivity contribution in [2.75, 3.05) is 0 Å². The van der Waals surface area contributed by atoms with E-state index >= 15 is 0 Å². The van der Waals surface area contributed by atoms with E-state index in [1.807, 2.05) is 0 Å². The van der Waals surface area contributed by atoms with Crippen LogP contribution in [0.4, 0.5) is 8.78 Å². The molecule has 0 spiro atoms. The first-order chi connectivity index (χ1) is 11.9. The van der Waals surface area contributed by atoms with Gasteiger partial charge in [0.15, 0.2) is 0 Å². The van der Waals surface area contributed by atoms with Crippen molar-refractivity contribution >= 4 is 11.1 Å². The lowest BCUT2D eigenvalue weighted by atomic mass is 10.1. The molecule has 1 unspecified atom stereocenters. The molecule has 130 valence electrons. The van der Waals surface area contributed by atoms with E-state index in [1.165, 1.54) is 12.3 Å². The number of halogens is 2. The lowest BCUT2D eigenvalue weighted by molar-refractivity contribution is 0.0918. The maximum absolute atomic E-state index is 13.9. The molecule has 0 amide bonds. The van der Waals surface area contributed by atoms with E-state index in [0.717, 1.165) is 12.1 Å². The molecule has 1 aliphatic rings. The summed E-state index contributed by atoms with van der Waals surface area (Å²) in [5, 5.41) is 18.9. The molecule has 0 saturated heterocycles. The van der Waals surface area contributed by atoms with Crippen LogP contribution in [-0.4, -0.2) is 25.0 Å². The third kappa shape index (κ3) is 3.51. The highest BCUT2D eigenvalue weighted by Crippen LogP contribution is 2.41. The summed E-state index contributed by atoms with van der Waals surface area (Å²) < 4.78 is 54.8. The Labute approximate surface area is 144 Å². The standard InChI is InChI=1S/C16H12F2N2O4S/c17-9-1-8(5-19)2-10(3-9)24-14-6-20-13(7-25(22)23)15-11(14)4-12(18)16(15)21/h1-3,6,12,16,21H,4,7H2,(H,22,23)/p-1/t12-,16-/m1/s1. The molecule has 1 heterocycles. The van der Waals surface area contributed by atoms with Crippen LogP contribution in [0.3, 0.4) is 0 Å². The van der Waals surface area contributed by atoms with Gasteiger partial charge in [-0.15, -0.1) is 0 Å². The Morgan fingerprint density at radius 2 is 2.24 bits per heavy atom. The Bertz CT molecular complexity index is 900. The van der Waals surface area contributed by atoms with Gasteiger partial charge in [-0.05, 0) is 23.2 Å². The van der Waals surface area contributed by atoms with Crippen LogP contribution in [0.5, 0.6) is 11.5 Å². The summed E-state index contributed by atoms with van der Waals surface area (Å²) in [5.41, 5.74) is 0.436. The number of pyridine rings is 1. The second kappa shape index (κ2) is 6.84. The van der Waals surface area contributed by atoms with E-state index in [4.69, 9.17) is 10.00 Å². The SMILES string of the molecule is N#Cc1cc(F)cc(Oc2cnc(CS(=O)[O-])c3c2C[C@@H](F)[C@H]3O)c1. The summed E-state index contributed by atoms with van der Waals surface area (Å²) >= 11 is -2.46. The zero-order valence-corrected chi connectivity index (χ0v) is 13.4. The number of ether oxygens (including phenoxy) is 1. The molecule has 0 radical (unpaired) electrons. The van der Waals surface area contributed by atoms with Gasteiger partial charge in [-0.2, -0.15) is 5.26 Å². The molecule has 1 aromatic carbocycles. The molecule has 2 aromatic rings. The molecule has 0 saturated carbocycles. The first-order valence-electron chi connectivity index (χ1n) is 7.16. The third-order valence-electron chi connectivity index (χ3n) is 3.79. The highest BCUT2D eigenvalue weighted by molar-refractivity contribution is 7.78. The molecule has 0 fully saturated rings. The maximum Gasteiger partial charge on any atom is 0.149 e. The summed E-state index contributed by atoms with van der Waals surface area (Å²) in [6.07, 6.45) is -2.12. The van der Waals surface area contributed by atoms with E-state index < -0.39 is 34.9 Å². The molecule has 9 heteroatoms. The van der Waals surface area contributed by atoms with Crippen LogP contribution in [0.15, 0.2) is 24.4 Å². The van der Waals surface area contributed by atoms with E-state index in [-0.39, 0.29) is 40.3 Å². The van der Waals surface area contributed by atoms with Crippen LogP contribution < -0.4 is 4.74 Å². The van der Waals surface area contributed by atoms with Crippen molar-refractivity contribution in [3.05, 3.63) is 52.6 Å². The molecule has 1 aliphatic carbocycles. The van der Waals surface area contributed by atoms with Crippen LogP contribution in [-0.2, 0) is 23.3 Å². The van der Waals surface area contributed by atoms with Crippen molar-refractivity contribution in [2.24, 2.45) is 0 Å². The largest absolute Gasteiger partial charge is 0.772 e. The van der Waals surface area contributed by atoms with Crippen molar-refractivity contribution in [3.63, 3.8) is 0 Å². The van der Waals surface area contributed by atoms with Crippen molar-refractivity contribution in [2.45, 2.75) is 24.4 Å². The highest BCUT2D eigenvalue weighted by Gasteiger charge is 2.36. The van der Waals surface area contributed by atoms with E-state index in [1.54, 1.807) is 6.07 Å². The van der Waals surface area contributed by atoms with E-state index in [0.29, 0.717) is 0 Å². The predicted molar refractivity (Wildman–Crippen MR) is 81.6 cm³/mol. The number of nitrogens with zero attached hydrogens (tertiary/aromatic N) is 2. The van der Waals surface area contributed by atoms with E-state index in [9.17, 15) is 22.6 Å². The number of aliphatic hydroxyl groups excluding tert-OH is 1. The minimum Gasteiger partial charge on any atom is -0.772 e. The molecule has 3 rings (SSSR count). The summed E-state index contributed by atoms with van der Waals surface area (Å²) in [7, 11) is 0. The Balaban J connectivity index is 2.03. The molecule has 6 nitrogen and oxygen atoms in total. The number of nitriles is 1. The molecular formula is C16H11F2N2O4S-. The maximum atomic E-state index is 13.9. The highest BCUT2D eigenvalue weighted by atomic mass is 32.2. The van der Waals surface area contributed by atoms with Gasteiger partial charge in [0.2, 0.25) is 0 Å². The fourth-order valence-electron chi connectivity index (χ4n) is 2.77. The Morgan fingerprint density at radius 1 is 1.48 bits per heavy atom. The number of benzene rings is 1. The van der Waals surface area contributed by atoms with Gasteiger partial charge in [0.25, 0.3) is 0 Å². The number of fused-ring (bicyclic) bond motifs is 1. The van der Waals surface area contributed by atoms with Gasteiger partial charge in [0.05, 0.1) is 29.3 Å². The van der Waals surface area contributed by atoms with Gasteiger partial charge in [-0.25, -0.2) is 8.78 Å². The Hall–Kier alpha value is -2.41.